The van der Waals surface area contributed by atoms with Gasteiger partial charge in [0, 0.05) is 18.3 Å². The molecule has 2 aromatic rings. The predicted molar refractivity (Wildman–Crippen MR) is 116 cm³/mol. The zero-order valence-corrected chi connectivity index (χ0v) is 17.1. The Kier molecular flexibility index (Phi) is 6.84. The Balaban J connectivity index is 1.75. The van der Waals surface area contributed by atoms with Gasteiger partial charge in [-0.3, -0.25) is 4.99 Å². The first-order valence-corrected chi connectivity index (χ1v) is 10.4. The molecule has 1 saturated carbocycles. The Hall–Kier alpha value is -1.93. The fraction of sp³-hybridized carbons (Fsp3) is 0.480. The van der Waals surface area contributed by atoms with Gasteiger partial charge in [0.25, 0.3) is 0 Å². The van der Waals surface area contributed by atoms with Crippen molar-refractivity contribution in [2.75, 3.05) is 0 Å². The van der Waals surface area contributed by atoms with Gasteiger partial charge >= 0.3 is 0 Å². The summed E-state index contributed by atoms with van der Waals surface area (Å²) >= 11 is 0. The first-order chi connectivity index (χ1) is 13.0. The average molecular weight is 363 g/mol. The molecule has 3 rings (SSSR count). The second-order valence-electron chi connectivity index (χ2n) is 9.04. The lowest BCUT2D eigenvalue weighted by atomic mass is 9.83. The highest BCUT2D eigenvalue weighted by Crippen LogP contribution is 2.32. The second kappa shape index (κ2) is 9.32. The summed E-state index contributed by atoms with van der Waals surface area (Å²) in [7, 11) is 0. The highest BCUT2D eigenvalue weighted by Gasteiger charge is 2.29. The molecule has 3 atom stereocenters. The first-order valence-electron chi connectivity index (χ1n) is 10.4. The van der Waals surface area contributed by atoms with Gasteiger partial charge in [0.05, 0.1) is 6.04 Å². The fourth-order valence-corrected chi connectivity index (χ4v) is 4.03. The molecule has 2 nitrogen and oxygen atoms in total. The van der Waals surface area contributed by atoms with Gasteiger partial charge < -0.3 is 5.32 Å². The van der Waals surface area contributed by atoms with Gasteiger partial charge in [0.2, 0.25) is 0 Å². The van der Waals surface area contributed by atoms with E-state index in [-0.39, 0.29) is 5.41 Å². The molecule has 1 N–H and O–H groups in total. The monoisotopic (exact) mass is 362 g/mol. The second-order valence-corrected chi connectivity index (χ2v) is 9.04. The fourth-order valence-electron chi connectivity index (χ4n) is 4.03. The lowest BCUT2D eigenvalue weighted by molar-refractivity contribution is 0.252. The van der Waals surface area contributed by atoms with Crippen molar-refractivity contribution in [3.63, 3.8) is 0 Å². The maximum absolute atomic E-state index is 4.99. The molecule has 0 spiro atoms. The lowest BCUT2D eigenvalue weighted by Crippen LogP contribution is -2.44. The number of nitrogens with one attached hydrogen (secondary N) is 1. The molecule has 0 unspecified atom stereocenters. The number of hydrogen-bond acceptors (Lipinski definition) is 2. The molecule has 27 heavy (non-hydrogen) atoms. The van der Waals surface area contributed by atoms with Gasteiger partial charge in [-0.25, -0.2) is 0 Å². The maximum atomic E-state index is 4.99. The zero-order valence-electron chi connectivity index (χ0n) is 17.1. The van der Waals surface area contributed by atoms with E-state index < -0.39 is 0 Å². The number of rotatable bonds is 6. The van der Waals surface area contributed by atoms with E-state index in [0.717, 1.165) is 6.42 Å². The van der Waals surface area contributed by atoms with Crippen molar-refractivity contribution in [1.82, 2.24) is 5.32 Å². The molecule has 0 bridgehead atoms. The van der Waals surface area contributed by atoms with Gasteiger partial charge in [-0.1, -0.05) is 94.3 Å². The molecule has 0 heterocycles. The van der Waals surface area contributed by atoms with Crippen molar-refractivity contribution in [1.29, 1.82) is 0 Å². The van der Waals surface area contributed by atoms with Gasteiger partial charge in [0.15, 0.2) is 0 Å². The van der Waals surface area contributed by atoms with Crippen LogP contribution in [0.3, 0.4) is 0 Å². The molecule has 2 aromatic carbocycles. The number of nitrogens with zero attached hydrogens (tertiary/aromatic N) is 1. The van der Waals surface area contributed by atoms with E-state index in [2.05, 4.69) is 93.0 Å². The summed E-state index contributed by atoms with van der Waals surface area (Å²) in [6.45, 7) is 6.99. The number of aliphatic imine (C=N–C) groups is 1. The Bertz CT molecular complexity index is 700. The first kappa shape index (κ1) is 19.8. The number of benzene rings is 2. The van der Waals surface area contributed by atoms with E-state index in [9.17, 15) is 0 Å². The molecular formula is C25H34N2. The van der Waals surface area contributed by atoms with Gasteiger partial charge in [-0.15, -0.1) is 0 Å². The molecule has 0 aromatic heterocycles. The summed E-state index contributed by atoms with van der Waals surface area (Å²) in [5.74, 6) is 0. The minimum atomic E-state index is 0.283. The zero-order chi connectivity index (χ0) is 19.1. The normalized spacial score (nSPS) is 22.0. The van der Waals surface area contributed by atoms with Crippen molar-refractivity contribution in [3.8, 4) is 0 Å². The molecule has 1 aliphatic carbocycles. The van der Waals surface area contributed by atoms with Crippen LogP contribution in [0.25, 0.3) is 0 Å². The van der Waals surface area contributed by atoms with Gasteiger partial charge in [0.1, 0.15) is 0 Å². The smallest absolute Gasteiger partial charge is 0.0653 e. The highest BCUT2D eigenvalue weighted by molar-refractivity contribution is 5.79. The molecule has 0 saturated heterocycles. The third kappa shape index (κ3) is 6.32. The van der Waals surface area contributed by atoms with Crippen LogP contribution < -0.4 is 5.32 Å². The molecule has 0 radical (unpaired) electrons. The van der Waals surface area contributed by atoms with E-state index in [4.69, 9.17) is 4.99 Å². The van der Waals surface area contributed by atoms with Gasteiger partial charge in [-0.2, -0.15) is 0 Å². The van der Waals surface area contributed by atoms with Crippen LogP contribution in [0.4, 0.5) is 0 Å². The molecule has 0 amide bonds. The van der Waals surface area contributed by atoms with E-state index in [1.54, 1.807) is 0 Å². The van der Waals surface area contributed by atoms with E-state index >= 15 is 0 Å². The third-order valence-corrected chi connectivity index (χ3v) is 5.38. The largest absolute Gasteiger partial charge is 0.305 e. The molecule has 0 aliphatic heterocycles. The quantitative estimate of drug-likeness (QED) is 0.609. The molecule has 2 heteroatoms. The van der Waals surface area contributed by atoms with Crippen LogP contribution in [-0.2, 0) is 0 Å². The van der Waals surface area contributed by atoms with Crippen LogP contribution in [0.5, 0.6) is 0 Å². The average Bonchev–Trinajstić information content (AvgIpc) is 2.67. The van der Waals surface area contributed by atoms with Crippen LogP contribution in [-0.4, -0.2) is 18.3 Å². The van der Waals surface area contributed by atoms with Crippen molar-refractivity contribution < 1.29 is 0 Å². The van der Waals surface area contributed by atoms with E-state index in [0.29, 0.717) is 18.1 Å². The van der Waals surface area contributed by atoms with Crippen molar-refractivity contribution in [2.45, 2.75) is 71.0 Å². The van der Waals surface area contributed by atoms with Gasteiger partial charge in [-0.05, 0) is 35.8 Å². The Morgan fingerprint density at radius 1 is 0.963 bits per heavy atom. The van der Waals surface area contributed by atoms with Crippen LogP contribution in [0.1, 0.15) is 70.0 Å². The summed E-state index contributed by atoms with van der Waals surface area (Å²) in [4.78, 5) is 4.99. The Labute approximate surface area is 165 Å². The summed E-state index contributed by atoms with van der Waals surface area (Å²) in [6.07, 6.45) is 8.16. The summed E-state index contributed by atoms with van der Waals surface area (Å²) in [5, 5.41) is 4.00. The van der Waals surface area contributed by atoms with Crippen molar-refractivity contribution in [3.05, 3.63) is 71.8 Å². The highest BCUT2D eigenvalue weighted by atomic mass is 15.0. The van der Waals surface area contributed by atoms with E-state index in [1.807, 2.05) is 0 Å². The Morgan fingerprint density at radius 2 is 1.59 bits per heavy atom. The minimum Gasteiger partial charge on any atom is -0.305 e. The maximum Gasteiger partial charge on any atom is 0.0653 e. The van der Waals surface area contributed by atoms with Crippen LogP contribution >= 0.6 is 0 Å². The summed E-state index contributed by atoms with van der Waals surface area (Å²) in [5.41, 5.74) is 2.87. The third-order valence-electron chi connectivity index (χ3n) is 5.38. The van der Waals surface area contributed by atoms with E-state index in [1.165, 1.54) is 36.8 Å². The molecule has 1 fully saturated rings. The van der Waals surface area contributed by atoms with Crippen molar-refractivity contribution >= 4 is 6.21 Å². The molecule has 144 valence electrons. The topological polar surface area (TPSA) is 24.4 Å². The predicted octanol–water partition coefficient (Wildman–Crippen LogP) is 6.18. The molecular weight excluding hydrogens is 328 g/mol. The Morgan fingerprint density at radius 3 is 2.26 bits per heavy atom. The summed E-state index contributed by atoms with van der Waals surface area (Å²) < 4.78 is 0. The van der Waals surface area contributed by atoms with Crippen molar-refractivity contribution in [2.24, 2.45) is 10.4 Å². The lowest BCUT2D eigenvalue weighted by Gasteiger charge is -2.35. The minimum absolute atomic E-state index is 0.283. The van der Waals surface area contributed by atoms with Crippen LogP contribution in [0.2, 0.25) is 0 Å². The summed E-state index contributed by atoms with van der Waals surface area (Å²) in [6, 6.07) is 22.6. The van der Waals surface area contributed by atoms with Crippen LogP contribution in [0.15, 0.2) is 65.7 Å². The number of hydrogen-bond donors (Lipinski definition) is 1. The SMILES string of the molecule is CC(C)(C)C[C@H](N[C@@H]1CCCC[C@H]1N=Cc1ccccc1)c1ccccc1. The van der Waals surface area contributed by atoms with Crippen LogP contribution in [0, 0.1) is 5.41 Å². The molecule has 1 aliphatic rings. The standard InChI is InChI=1S/C25H34N2/c1-25(2,3)18-24(21-14-8-5-9-15-21)27-23-17-11-10-16-22(23)26-19-20-12-6-4-7-13-20/h4-9,12-15,19,22-24,27H,10-11,16-18H2,1-3H3/t22-,23-,24+/m1/s1.